The smallest absolute Gasteiger partial charge is 0.191 e. The maximum absolute atomic E-state index is 14.2. The predicted octanol–water partition coefficient (Wildman–Crippen LogP) is 1.90. The van der Waals surface area contributed by atoms with Crippen LogP contribution in [0.15, 0.2) is 28.4 Å². The zero-order valence-electron chi connectivity index (χ0n) is 40.0. The van der Waals surface area contributed by atoms with Crippen LogP contribution in [0.2, 0.25) is 0 Å². The summed E-state index contributed by atoms with van der Waals surface area (Å²) in [6.45, 7) is 10.6. The van der Waals surface area contributed by atoms with Gasteiger partial charge in [0.1, 0.15) is 66.5 Å². The number of carbonyl (C=O) groups is 2. The second-order valence-corrected chi connectivity index (χ2v) is 20.1. The number of ketones is 2. The first-order valence-electron chi connectivity index (χ1n) is 23.9. The topological polar surface area (TPSA) is 250 Å². The van der Waals surface area contributed by atoms with Crippen LogP contribution in [0.1, 0.15) is 90.9 Å². The molecule has 2 saturated carbocycles. The highest BCUT2D eigenvalue weighted by Crippen LogP contribution is 2.58. The van der Waals surface area contributed by atoms with Crippen LogP contribution >= 0.6 is 0 Å². The molecule has 23 unspecified atom stereocenters. The molecule has 4 saturated heterocycles. The van der Waals surface area contributed by atoms with Gasteiger partial charge in [-0.1, -0.05) is 18.6 Å². The number of rotatable bonds is 13. The molecule has 0 bridgehead atoms. The van der Waals surface area contributed by atoms with E-state index in [-0.39, 0.29) is 36.9 Å². The molecule has 0 aromatic carbocycles. The van der Waals surface area contributed by atoms with Crippen LogP contribution in [0.5, 0.6) is 0 Å². The van der Waals surface area contributed by atoms with Gasteiger partial charge >= 0.3 is 0 Å². The van der Waals surface area contributed by atoms with E-state index < -0.39 is 140 Å². The summed E-state index contributed by atoms with van der Waals surface area (Å²) < 4.78 is 73.3. The average Bonchev–Trinajstić information content (AvgIpc) is 3.75. The third-order valence-corrected chi connectivity index (χ3v) is 16.3. The van der Waals surface area contributed by atoms with Crippen molar-refractivity contribution in [1.29, 1.82) is 0 Å². The van der Waals surface area contributed by atoms with Gasteiger partial charge < -0.3 is 82.1 Å². The summed E-state index contributed by atoms with van der Waals surface area (Å²) >= 11 is 0. The number of aryl methyl sites for hydroxylation is 1. The second kappa shape index (κ2) is 20.4. The van der Waals surface area contributed by atoms with Gasteiger partial charge in [0.05, 0.1) is 54.9 Å². The first-order valence-corrected chi connectivity index (χ1v) is 23.9. The van der Waals surface area contributed by atoms with Gasteiger partial charge in [0.15, 0.2) is 30.9 Å². The van der Waals surface area contributed by atoms with Crippen molar-refractivity contribution in [3.63, 3.8) is 0 Å². The van der Waals surface area contributed by atoms with Crippen molar-refractivity contribution in [3.05, 3.63) is 35.3 Å². The molecule has 0 spiro atoms. The van der Waals surface area contributed by atoms with Crippen LogP contribution in [-0.4, -0.2) is 182 Å². The number of fused-ring (bicyclic) bond motifs is 3. The Morgan fingerprint density at radius 1 is 0.731 bits per heavy atom. The number of hydrogen-bond donors (Lipinski definition) is 5. The summed E-state index contributed by atoms with van der Waals surface area (Å²) in [4.78, 5) is 28.3. The Morgan fingerprint density at radius 2 is 1.27 bits per heavy atom. The first kappa shape index (κ1) is 51.1. The number of carbonyl (C=O) groups excluding carboxylic acids is 2. The molecule has 67 heavy (non-hydrogen) atoms. The van der Waals surface area contributed by atoms with Crippen LogP contribution in [0.25, 0.3) is 0 Å². The normalized spacial score (nSPS) is 48.4. The van der Waals surface area contributed by atoms with Gasteiger partial charge in [-0.2, -0.15) is 0 Å². The predicted molar refractivity (Wildman–Crippen MR) is 231 cm³/mol. The van der Waals surface area contributed by atoms with Crippen LogP contribution < -0.4 is 0 Å². The third kappa shape index (κ3) is 9.40. The zero-order chi connectivity index (χ0) is 48.3. The van der Waals surface area contributed by atoms with E-state index in [2.05, 4.69) is 0 Å². The minimum atomic E-state index is -1.60. The van der Waals surface area contributed by atoms with E-state index in [1.54, 1.807) is 27.4 Å². The van der Waals surface area contributed by atoms with Crippen molar-refractivity contribution in [1.82, 2.24) is 0 Å². The molecule has 8 rings (SSSR count). The average molecular weight is 953 g/mol. The van der Waals surface area contributed by atoms with E-state index in [4.69, 9.17) is 56.5 Å². The largest absolute Gasteiger partial charge is 0.469 e. The van der Waals surface area contributed by atoms with E-state index in [1.807, 2.05) is 46.8 Å². The van der Waals surface area contributed by atoms with Gasteiger partial charge in [0.2, 0.25) is 0 Å². The molecule has 0 amide bonds. The number of hydrogen-bond acceptors (Lipinski definition) is 19. The highest BCUT2D eigenvalue weighted by Gasteiger charge is 2.61. The molecule has 1 aromatic heterocycles. The van der Waals surface area contributed by atoms with E-state index in [1.165, 1.54) is 7.11 Å². The fourth-order valence-corrected chi connectivity index (χ4v) is 12.3. The number of aliphatic hydroxyl groups excluding tert-OH is 5. The summed E-state index contributed by atoms with van der Waals surface area (Å²) in [7, 11) is 4.66. The lowest BCUT2D eigenvalue weighted by molar-refractivity contribution is -0.357. The maximum atomic E-state index is 14.2. The fraction of sp³-hybridized carbons (Fsp3) is 0.833. The minimum absolute atomic E-state index is 0.124. The van der Waals surface area contributed by atoms with Crippen molar-refractivity contribution in [2.75, 3.05) is 27.9 Å². The van der Waals surface area contributed by atoms with Crippen LogP contribution in [-0.2, 0) is 67.1 Å². The molecule has 7 aliphatic rings. The van der Waals surface area contributed by atoms with Gasteiger partial charge in [-0.15, -0.1) is 0 Å². The number of methoxy groups -OCH3 is 3. The lowest BCUT2D eigenvalue weighted by Gasteiger charge is -2.55. The van der Waals surface area contributed by atoms with Gasteiger partial charge in [-0.25, -0.2) is 0 Å². The second-order valence-electron chi connectivity index (χ2n) is 20.1. The fourth-order valence-electron chi connectivity index (χ4n) is 12.3. The molecule has 0 radical (unpaired) electrons. The summed E-state index contributed by atoms with van der Waals surface area (Å²) in [5.41, 5.74) is 0.242. The van der Waals surface area contributed by atoms with Gasteiger partial charge in [0.25, 0.3) is 0 Å². The van der Waals surface area contributed by atoms with Crippen LogP contribution in [0.4, 0.5) is 0 Å². The Morgan fingerprint density at radius 3 is 1.78 bits per heavy atom. The Bertz CT molecular complexity index is 1910. The number of furan rings is 1. The standard InChI is InChI=1S/C48H72O19/c1-21-27(13-15-59-21)47(5)14-12-28-26(44(47)54)11-10-25-16-29(38(51)45(55)48(25,28)6)63-34-17-30(56-7)41(22(2)60-34)65-35-18-31(57-8)42(23(3)61-35)66-36-19-32(58-9)43(24(4)62-36)67-46-40(53)39(52)37(50)33(20-49)64-46/h10,13,15,22-24,26,28-37,39-43,45-46,49-50,52-53,55H,11-12,14,16-20H2,1-9H3. The van der Waals surface area contributed by atoms with Gasteiger partial charge in [0, 0.05) is 63.9 Å². The summed E-state index contributed by atoms with van der Waals surface area (Å²) in [6.07, 6.45) is -10.6. The summed E-state index contributed by atoms with van der Waals surface area (Å²) in [5.74, 6) is -0.0873. The van der Waals surface area contributed by atoms with Crippen molar-refractivity contribution >= 4 is 11.6 Å². The van der Waals surface area contributed by atoms with Gasteiger partial charge in [-0.05, 0) is 65.9 Å². The summed E-state index contributed by atoms with van der Waals surface area (Å²) in [5, 5.41) is 52.5. The molecule has 6 fully saturated rings. The van der Waals surface area contributed by atoms with E-state index >= 15 is 0 Å². The molecule has 5 N–H and O–H groups in total. The Balaban J connectivity index is 0.852. The maximum Gasteiger partial charge on any atom is 0.191 e. The van der Waals surface area contributed by atoms with Crippen molar-refractivity contribution in [2.24, 2.45) is 17.3 Å². The first-order chi connectivity index (χ1) is 31.9. The number of Topliss-reactive ketones (excluding diaryl/α,β-unsaturated/α-hetero) is 2. The Labute approximate surface area is 391 Å². The number of allylic oxidation sites excluding steroid dienone is 1. The lowest BCUT2D eigenvalue weighted by atomic mass is 9.48. The molecule has 378 valence electrons. The van der Waals surface area contributed by atoms with Crippen LogP contribution in [0, 0.1) is 24.2 Å². The molecule has 1 aromatic rings. The quantitative estimate of drug-likeness (QED) is 0.177. The monoisotopic (exact) mass is 952 g/mol. The summed E-state index contributed by atoms with van der Waals surface area (Å²) in [6, 6.07) is 1.88. The van der Waals surface area contributed by atoms with E-state index in [0.29, 0.717) is 25.7 Å². The van der Waals surface area contributed by atoms with Crippen LogP contribution in [0.3, 0.4) is 0 Å². The van der Waals surface area contributed by atoms with E-state index in [9.17, 15) is 35.1 Å². The molecular weight excluding hydrogens is 881 g/mol. The van der Waals surface area contributed by atoms with Crippen molar-refractivity contribution < 1.29 is 91.6 Å². The molecule has 3 aliphatic carbocycles. The molecule has 19 heteroatoms. The Hall–Kier alpha value is -2.28. The number of aliphatic hydroxyl groups is 5. The van der Waals surface area contributed by atoms with Crippen molar-refractivity contribution in [2.45, 2.75) is 209 Å². The molecular formula is C48H72O19. The van der Waals surface area contributed by atoms with Gasteiger partial charge in [-0.3, -0.25) is 9.59 Å². The molecule has 23 atom stereocenters. The molecule has 5 heterocycles. The lowest BCUT2D eigenvalue weighted by Crippen LogP contribution is -2.62. The molecule has 19 nitrogen and oxygen atoms in total. The highest BCUT2D eigenvalue weighted by molar-refractivity contribution is 5.95. The Kier molecular flexibility index (Phi) is 15.6. The van der Waals surface area contributed by atoms with Crippen molar-refractivity contribution in [3.8, 4) is 0 Å². The minimum Gasteiger partial charge on any atom is -0.469 e. The highest BCUT2D eigenvalue weighted by atomic mass is 16.8. The van der Waals surface area contributed by atoms with E-state index in [0.717, 1.165) is 16.9 Å². The SMILES string of the molecule is COC1CC(OC2CC3=CCC4C(=O)C(C)(c5ccoc5C)CCC4C3(C)C(O)C2=O)OC(C)C1OC1CC(OC)C(OC2CC(OC)C(OC3OC(CO)C(O)C(O)C3O)C(C)O2)C(C)O1. The zero-order valence-corrected chi connectivity index (χ0v) is 40.0. The third-order valence-electron chi connectivity index (χ3n) is 16.3. The molecule has 4 aliphatic heterocycles. The number of ether oxygens (including phenoxy) is 11.